The van der Waals surface area contributed by atoms with Gasteiger partial charge in [-0.1, -0.05) is 18.9 Å². The van der Waals surface area contributed by atoms with Crippen LogP contribution in [0, 0.1) is 23.7 Å². The van der Waals surface area contributed by atoms with Crippen molar-refractivity contribution < 1.29 is 0 Å². The SMILES string of the molecule is C#CCN(CCC)c1cccc(SC)c1C#N. The fourth-order valence-corrected chi connectivity index (χ4v) is 2.30. The highest BCUT2D eigenvalue weighted by Gasteiger charge is 2.12. The second-order valence-electron chi connectivity index (χ2n) is 3.59. The molecule has 0 unspecified atom stereocenters. The number of rotatable bonds is 5. The van der Waals surface area contributed by atoms with Gasteiger partial charge < -0.3 is 4.90 Å². The number of hydrogen-bond acceptors (Lipinski definition) is 3. The molecule has 0 fully saturated rings. The predicted molar refractivity (Wildman–Crippen MR) is 74.3 cm³/mol. The summed E-state index contributed by atoms with van der Waals surface area (Å²) in [5, 5.41) is 9.27. The highest BCUT2D eigenvalue weighted by atomic mass is 32.2. The molecule has 0 saturated carbocycles. The first-order chi connectivity index (χ1) is 8.28. The number of nitriles is 1. The van der Waals surface area contributed by atoms with Crippen LogP contribution >= 0.6 is 11.8 Å². The van der Waals surface area contributed by atoms with E-state index in [1.165, 1.54) is 0 Å². The molecule has 0 heterocycles. The number of hydrogen-bond donors (Lipinski definition) is 0. The van der Waals surface area contributed by atoms with Crippen LogP contribution in [0.4, 0.5) is 5.69 Å². The molecule has 0 spiro atoms. The van der Waals surface area contributed by atoms with Crippen LogP contribution in [-0.2, 0) is 0 Å². The van der Waals surface area contributed by atoms with Crippen molar-refractivity contribution in [1.29, 1.82) is 5.26 Å². The first-order valence-corrected chi connectivity index (χ1v) is 6.76. The Hall–Kier alpha value is -1.58. The van der Waals surface area contributed by atoms with E-state index in [4.69, 9.17) is 6.42 Å². The lowest BCUT2D eigenvalue weighted by Gasteiger charge is -2.23. The van der Waals surface area contributed by atoms with Gasteiger partial charge in [0.1, 0.15) is 6.07 Å². The maximum Gasteiger partial charge on any atom is 0.103 e. The Bertz CT molecular complexity index is 454. The summed E-state index contributed by atoms with van der Waals surface area (Å²) < 4.78 is 0. The molecule has 88 valence electrons. The van der Waals surface area contributed by atoms with Gasteiger partial charge in [-0.2, -0.15) is 5.26 Å². The van der Waals surface area contributed by atoms with Crippen LogP contribution in [0.25, 0.3) is 0 Å². The minimum Gasteiger partial charge on any atom is -0.359 e. The normalized spacial score (nSPS) is 9.41. The van der Waals surface area contributed by atoms with Gasteiger partial charge in [-0.15, -0.1) is 18.2 Å². The number of benzene rings is 1. The summed E-state index contributed by atoms with van der Waals surface area (Å²) in [5.41, 5.74) is 1.67. The molecule has 1 rings (SSSR count). The molecule has 2 nitrogen and oxygen atoms in total. The van der Waals surface area contributed by atoms with Gasteiger partial charge >= 0.3 is 0 Å². The molecule has 1 aromatic rings. The number of anilines is 1. The van der Waals surface area contributed by atoms with E-state index < -0.39 is 0 Å². The van der Waals surface area contributed by atoms with Crippen LogP contribution < -0.4 is 4.90 Å². The van der Waals surface area contributed by atoms with E-state index in [9.17, 15) is 5.26 Å². The summed E-state index contributed by atoms with van der Waals surface area (Å²) in [6.45, 7) is 3.52. The lowest BCUT2D eigenvalue weighted by Crippen LogP contribution is -2.25. The summed E-state index contributed by atoms with van der Waals surface area (Å²) in [5.74, 6) is 2.65. The summed E-state index contributed by atoms with van der Waals surface area (Å²) in [6.07, 6.45) is 8.37. The second kappa shape index (κ2) is 6.89. The molecule has 17 heavy (non-hydrogen) atoms. The van der Waals surface area contributed by atoms with Crippen LogP contribution in [-0.4, -0.2) is 19.3 Å². The monoisotopic (exact) mass is 244 g/mol. The smallest absolute Gasteiger partial charge is 0.103 e. The van der Waals surface area contributed by atoms with Gasteiger partial charge in [0.05, 0.1) is 17.8 Å². The van der Waals surface area contributed by atoms with Gasteiger partial charge in [0.25, 0.3) is 0 Å². The Balaban J connectivity index is 3.19. The molecule has 1 aromatic carbocycles. The number of terminal acetylenes is 1. The Kier molecular flexibility index (Phi) is 5.46. The molecule has 0 aromatic heterocycles. The summed E-state index contributed by atoms with van der Waals surface area (Å²) in [4.78, 5) is 3.08. The fourth-order valence-electron chi connectivity index (χ4n) is 1.73. The standard InChI is InChI=1S/C14H16N2S/c1-4-9-16(10-5-2)13-7-6-8-14(17-3)12(13)11-15/h1,6-8H,5,9-10H2,2-3H3. The van der Waals surface area contributed by atoms with Gasteiger partial charge in [0, 0.05) is 11.4 Å². The number of thioether (sulfide) groups is 1. The highest BCUT2D eigenvalue weighted by Crippen LogP contribution is 2.28. The molecule has 3 heteroatoms. The van der Waals surface area contributed by atoms with Crippen molar-refractivity contribution in [2.45, 2.75) is 18.2 Å². The van der Waals surface area contributed by atoms with E-state index in [0.717, 1.165) is 29.1 Å². The van der Waals surface area contributed by atoms with Crippen LogP contribution in [0.15, 0.2) is 23.1 Å². The zero-order valence-corrected chi connectivity index (χ0v) is 11.0. The van der Waals surface area contributed by atoms with Gasteiger partial charge in [-0.25, -0.2) is 0 Å². The van der Waals surface area contributed by atoms with E-state index >= 15 is 0 Å². The second-order valence-corrected chi connectivity index (χ2v) is 4.44. The minimum absolute atomic E-state index is 0.542. The van der Waals surface area contributed by atoms with Crippen molar-refractivity contribution >= 4 is 17.4 Å². The Morgan fingerprint density at radius 2 is 2.24 bits per heavy atom. The van der Waals surface area contributed by atoms with Crippen molar-refractivity contribution in [3.63, 3.8) is 0 Å². The molecule has 0 amide bonds. The minimum atomic E-state index is 0.542. The van der Waals surface area contributed by atoms with Crippen LogP contribution in [0.2, 0.25) is 0 Å². The lowest BCUT2D eigenvalue weighted by molar-refractivity contribution is 0.820. The Morgan fingerprint density at radius 3 is 2.76 bits per heavy atom. The summed E-state index contributed by atoms with van der Waals surface area (Å²) >= 11 is 1.59. The Labute approximate surface area is 108 Å². The van der Waals surface area contributed by atoms with E-state index in [1.807, 2.05) is 24.5 Å². The maximum atomic E-state index is 9.27. The van der Waals surface area contributed by atoms with Crippen LogP contribution in [0.1, 0.15) is 18.9 Å². The third kappa shape index (κ3) is 3.19. The average Bonchev–Trinajstić information content (AvgIpc) is 2.37. The van der Waals surface area contributed by atoms with Crippen molar-refractivity contribution in [1.82, 2.24) is 0 Å². The molecule has 0 radical (unpaired) electrons. The van der Waals surface area contributed by atoms with Gasteiger partial charge in [-0.3, -0.25) is 0 Å². The summed E-state index contributed by atoms with van der Waals surface area (Å²) in [7, 11) is 0. The largest absolute Gasteiger partial charge is 0.359 e. The zero-order chi connectivity index (χ0) is 12.7. The van der Waals surface area contributed by atoms with Crippen LogP contribution in [0.3, 0.4) is 0 Å². The molecule has 0 aliphatic carbocycles. The van der Waals surface area contributed by atoms with E-state index in [0.29, 0.717) is 6.54 Å². The zero-order valence-electron chi connectivity index (χ0n) is 10.2. The third-order valence-corrected chi connectivity index (χ3v) is 3.23. The fraction of sp³-hybridized carbons (Fsp3) is 0.357. The quantitative estimate of drug-likeness (QED) is 0.588. The van der Waals surface area contributed by atoms with E-state index in [1.54, 1.807) is 11.8 Å². The summed E-state index contributed by atoms with van der Waals surface area (Å²) in [6, 6.07) is 8.18. The third-order valence-electron chi connectivity index (χ3n) is 2.45. The van der Waals surface area contributed by atoms with Gasteiger partial charge in [0.15, 0.2) is 0 Å². The predicted octanol–water partition coefficient (Wildman–Crippen LogP) is 3.13. The number of nitrogens with zero attached hydrogens (tertiary/aromatic N) is 2. The van der Waals surface area contributed by atoms with Crippen LogP contribution in [0.5, 0.6) is 0 Å². The molecule has 0 aliphatic heterocycles. The average molecular weight is 244 g/mol. The van der Waals surface area contributed by atoms with Crippen molar-refractivity contribution in [2.75, 3.05) is 24.2 Å². The topological polar surface area (TPSA) is 27.0 Å². The molecule has 0 atom stereocenters. The van der Waals surface area contributed by atoms with E-state index in [2.05, 4.69) is 23.8 Å². The van der Waals surface area contributed by atoms with Crippen molar-refractivity contribution in [3.05, 3.63) is 23.8 Å². The van der Waals surface area contributed by atoms with Gasteiger partial charge in [-0.05, 0) is 24.8 Å². The molecule has 0 N–H and O–H groups in total. The van der Waals surface area contributed by atoms with Crippen molar-refractivity contribution in [2.24, 2.45) is 0 Å². The van der Waals surface area contributed by atoms with Crippen molar-refractivity contribution in [3.8, 4) is 18.4 Å². The van der Waals surface area contributed by atoms with E-state index in [-0.39, 0.29) is 0 Å². The first kappa shape index (κ1) is 13.5. The lowest BCUT2D eigenvalue weighted by atomic mass is 10.1. The molecular weight excluding hydrogens is 228 g/mol. The molecule has 0 aliphatic rings. The molecule has 0 saturated heterocycles. The molecular formula is C14H16N2S. The maximum absolute atomic E-state index is 9.27. The Morgan fingerprint density at radius 1 is 1.47 bits per heavy atom. The van der Waals surface area contributed by atoms with Gasteiger partial charge in [0.2, 0.25) is 0 Å². The first-order valence-electron chi connectivity index (χ1n) is 5.54. The highest BCUT2D eigenvalue weighted by molar-refractivity contribution is 7.98. The molecule has 0 bridgehead atoms.